The van der Waals surface area contributed by atoms with E-state index in [4.69, 9.17) is 22.1 Å². The predicted molar refractivity (Wildman–Crippen MR) is 74.2 cm³/mol. The van der Waals surface area contributed by atoms with E-state index in [-0.39, 0.29) is 28.1 Å². The first-order chi connectivity index (χ1) is 8.32. The minimum atomic E-state index is -1.08. The Morgan fingerprint density at radius 3 is 2.61 bits per heavy atom. The van der Waals surface area contributed by atoms with Crippen molar-refractivity contribution in [1.82, 2.24) is 0 Å². The largest absolute Gasteiger partial charge is 0.459 e. The van der Waals surface area contributed by atoms with E-state index in [0.29, 0.717) is 5.56 Å². The standard InChI is InChI=1S/C12H16ClNO3S/c1-7(2)17-12(15)10-8(6-18(3)16)4-5-9(13)11(10)14/h4-5,7H,6,14H2,1-3H3. The van der Waals surface area contributed by atoms with Crippen molar-refractivity contribution >= 4 is 34.1 Å². The van der Waals surface area contributed by atoms with Crippen molar-refractivity contribution in [3.05, 3.63) is 28.3 Å². The van der Waals surface area contributed by atoms with Gasteiger partial charge in [-0.1, -0.05) is 17.7 Å². The van der Waals surface area contributed by atoms with Crippen molar-refractivity contribution in [3.63, 3.8) is 0 Å². The molecular weight excluding hydrogens is 274 g/mol. The number of halogens is 1. The quantitative estimate of drug-likeness (QED) is 0.682. The van der Waals surface area contributed by atoms with Crippen molar-refractivity contribution in [2.45, 2.75) is 25.7 Å². The number of nitrogens with two attached hydrogens (primary N) is 1. The van der Waals surface area contributed by atoms with Gasteiger partial charge in [0.15, 0.2) is 0 Å². The number of esters is 1. The summed E-state index contributed by atoms with van der Waals surface area (Å²) in [6, 6.07) is 3.24. The van der Waals surface area contributed by atoms with E-state index < -0.39 is 16.8 Å². The van der Waals surface area contributed by atoms with Crippen LogP contribution in [0.5, 0.6) is 0 Å². The minimum Gasteiger partial charge on any atom is -0.459 e. The molecule has 0 radical (unpaired) electrons. The maximum absolute atomic E-state index is 12.0. The number of carbonyl (C=O) groups is 1. The molecule has 4 nitrogen and oxygen atoms in total. The highest BCUT2D eigenvalue weighted by molar-refractivity contribution is 7.83. The normalized spacial score (nSPS) is 12.5. The maximum atomic E-state index is 12.0. The minimum absolute atomic E-state index is 0.172. The van der Waals surface area contributed by atoms with Crippen LogP contribution < -0.4 is 5.73 Å². The Balaban J connectivity index is 3.24. The molecule has 1 unspecified atom stereocenters. The Hall–Kier alpha value is -1.07. The second kappa shape index (κ2) is 6.20. The molecule has 0 amide bonds. The highest BCUT2D eigenvalue weighted by atomic mass is 35.5. The van der Waals surface area contributed by atoms with Gasteiger partial charge in [0.1, 0.15) is 0 Å². The molecule has 0 aromatic heterocycles. The van der Waals surface area contributed by atoms with Crippen LogP contribution in [0.15, 0.2) is 12.1 Å². The molecule has 0 aliphatic carbocycles. The van der Waals surface area contributed by atoms with Crippen molar-refractivity contribution in [1.29, 1.82) is 0 Å². The number of nitrogen functional groups attached to an aromatic ring is 1. The maximum Gasteiger partial charge on any atom is 0.340 e. The first-order valence-corrected chi connectivity index (χ1v) is 7.51. The Morgan fingerprint density at radius 1 is 1.50 bits per heavy atom. The first-order valence-electron chi connectivity index (χ1n) is 5.40. The molecule has 1 atom stereocenters. The van der Waals surface area contributed by atoms with Crippen LogP contribution >= 0.6 is 11.6 Å². The van der Waals surface area contributed by atoms with Gasteiger partial charge in [-0.25, -0.2) is 4.79 Å². The third kappa shape index (κ3) is 3.71. The van der Waals surface area contributed by atoms with E-state index in [9.17, 15) is 9.00 Å². The molecule has 0 saturated heterocycles. The molecule has 1 aromatic carbocycles. The Morgan fingerprint density at radius 2 is 2.11 bits per heavy atom. The predicted octanol–water partition coefficient (Wildman–Crippen LogP) is 2.37. The van der Waals surface area contributed by atoms with Gasteiger partial charge in [-0.05, 0) is 25.5 Å². The van der Waals surface area contributed by atoms with E-state index in [1.54, 1.807) is 32.2 Å². The number of carbonyl (C=O) groups excluding carboxylic acids is 1. The van der Waals surface area contributed by atoms with Crippen molar-refractivity contribution in [3.8, 4) is 0 Å². The summed E-state index contributed by atoms with van der Waals surface area (Å²) < 4.78 is 16.4. The van der Waals surface area contributed by atoms with Crippen molar-refractivity contribution in [2.24, 2.45) is 0 Å². The Labute approximate surface area is 114 Å². The Kier molecular flexibility index (Phi) is 5.16. The SMILES string of the molecule is CC(C)OC(=O)c1c(CS(C)=O)ccc(Cl)c1N. The summed E-state index contributed by atoms with van der Waals surface area (Å²) in [6.07, 6.45) is 1.30. The number of benzene rings is 1. The van der Waals surface area contributed by atoms with Gasteiger partial charge in [-0.2, -0.15) is 0 Å². The monoisotopic (exact) mass is 289 g/mol. The molecule has 0 spiro atoms. The van der Waals surface area contributed by atoms with Crippen LogP contribution in [0.1, 0.15) is 29.8 Å². The van der Waals surface area contributed by atoms with Crippen LogP contribution in [0.2, 0.25) is 5.02 Å². The third-order valence-electron chi connectivity index (χ3n) is 2.18. The van der Waals surface area contributed by atoms with E-state index in [1.165, 1.54) is 0 Å². The van der Waals surface area contributed by atoms with Gasteiger partial charge in [-0.15, -0.1) is 0 Å². The molecule has 100 valence electrons. The molecule has 2 N–H and O–H groups in total. The second-order valence-corrected chi connectivity index (χ2v) is 6.01. The molecular formula is C12H16ClNO3S. The zero-order valence-electron chi connectivity index (χ0n) is 10.5. The van der Waals surface area contributed by atoms with Crippen LogP contribution in [-0.4, -0.2) is 22.5 Å². The fourth-order valence-electron chi connectivity index (χ4n) is 1.49. The second-order valence-electron chi connectivity index (χ2n) is 4.17. The molecule has 6 heteroatoms. The molecule has 0 aliphatic rings. The number of hydrogen-bond donors (Lipinski definition) is 1. The molecule has 18 heavy (non-hydrogen) atoms. The number of hydrogen-bond acceptors (Lipinski definition) is 4. The van der Waals surface area contributed by atoms with Crippen molar-refractivity contribution < 1.29 is 13.7 Å². The summed E-state index contributed by atoms with van der Waals surface area (Å²) in [4.78, 5) is 12.0. The zero-order chi connectivity index (χ0) is 13.9. The van der Waals surface area contributed by atoms with Crippen LogP contribution in [0.4, 0.5) is 5.69 Å². The molecule has 1 rings (SSSR count). The van der Waals surface area contributed by atoms with Gasteiger partial charge in [0.2, 0.25) is 0 Å². The van der Waals surface area contributed by atoms with E-state index >= 15 is 0 Å². The highest BCUT2D eigenvalue weighted by Crippen LogP contribution is 2.28. The third-order valence-corrected chi connectivity index (χ3v) is 3.23. The summed E-state index contributed by atoms with van der Waals surface area (Å²) in [5.74, 6) is -0.297. The van der Waals surface area contributed by atoms with Crippen LogP contribution in [0.25, 0.3) is 0 Å². The molecule has 0 aliphatic heterocycles. The summed E-state index contributed by atoms with van der Waals surface area (Å²) in [6.45, 7) is 3.49. The molecule has 0 bridgehead atoms. The van der Waals surface area contributed by atoms with Gasteiger partial charge in [0, 0.05) is 22.8 Å². The number of ether oxygens (including phenoxy) is 1. The van der Waals surface area contributed by atoms with E-state index in [1.807, 2.05) is 0 Å². The molecule has 0 fully saturated rings. The van der Waals surface area contributed by atoms with Crippen LogP contribution in [-0.2, 0) is 21.3 Å². The van der Waals surface area contributed by atoms with E-state index in [2.05, 4.69) is 0 Å². The summed E-state index contributed by atoms with van der Waals surface area (Å²) in [5.41, 5.74) is 6.78. The number of rotatable bonds is 4. The van der Waals surface area contributed by atoms with Gasteiger partial charge >= 0.3 is 5.97 Å². The highest BCUT2D eigenvalue weighted by Gasteiger charge is 2.20. The Bertz CT molecular complexity index is 488. The lowest BCUT2D eigenvalue weighted by Gasteiger charge is -2.14. The summed E-state index contributed by atoms with van der Waals surface area (Å²) >= 11 is 5.89. The molecule has 0 saturated carbocycles. The van der Waals surface area contributed by atoms with Crippen LogP contribution in [0, 0.1) is 0 Å². The van der Waals surface area contributed by atoms with Crippen LogP contribution in [0.3, 0.4) is 0 Å². The van der Waals surface area contributed by atoms with Gasteiger partial charge in [0.05, 0.1) is 22.4 Å². The average Bonchev–Trinajstić information content (AvgIpc) is 2.21. The average molecular weight is 290 g/mol. The fourth-order valence-corrected chi connectivity index (χ4v) is 2.33. The van der Waals surface area contributed by atoms with Crippen molar-refractivity contribution in [2.75, 3.05) is 12.0 Å². The number of anilines is 1. The zero-order valence-corrected chi connectivity index (χ0v) is 12.1. The molecule has 1 aromatic rings. The lowest BCUT2D eigenvalue weighted by atomic mass is 10.1. The lowest BCUT2D eigenvalue weighted by molar-refractivity contribution is 0.0378. The lowest BCUT2D eigenvalue weighted by Crippen LogP contribution is -2.16. The van der Waals surface area contributed by atoms with E-state index in [0.717, 1.165) is 0 Å². The first kappa shape index (κ1) is 15.0. The van der Waals surface area contributed by atoms with Gasteiger partial charge in [0.25, 0.3) is 0 Å². The van der Waals surface area contributed by atoms with Gasteiger partial charge < -0.3 is 10.5 Å². The summed E-state index contributed by atoms with van der Waals surface area (Å²) in [7, 11) is -1.08. The van der Waals surface area contributed by atoms with Gasteiger partial charge in [-0.3, -0.25) is 4.21 Å². The molecule has 0 heterocycles. The topological polar surface area (TPSA) is 69.4 Å². The summed E-state index contributed by atoms with van der Waals surface area (Å²) in [5, 5.41) is 0.288. The smallest absolute Gasteiger partial charge is 0.340 e. The fraction of sp³-hybridized carbons (Fsp3) is 0.417.